The zero-order valence-corrected chi connectivity index (χ0v) is 17.6. The Morgan fingerprint density at radius 3 is 2.12 bits per heavy atom. The number of likely N-dealkylation sites (N-methyl/N-ethyl adjacent to an activating group) is 1. The van der Waals surface area contributed by atoms with Gasteiger partial charge in [-0.1, -0.05) is 32.9 Å². The second kappa shape index (κ2) is 9.02. The third-order valence-corrected chi connectivity index (χ3v) is 5.10. The van der Waals surface area contributed by atoms with Gasteiger partial charge in [-0.05, 0) is 63.5 Å². The van der Waals surface area contributed by atoms with Crippen molar-refractivity contribution in [3.05, 3.63) is 64.9 Å². The molecule has 1 aliphatic rings. The van der Waals surface area contributed by atoms with Gasteiger partial charge in [-0.15, -0.1) is 0 Å². The molecule has 0 saturated heterocycles. The zero-order chi connectivity index (χ0) is 19.3. The van der Waals surface area contributed by atoms with Crippen LogP contribution < -0.4 is 4.90 Å². The van der Waals surface area contributed by atoms with E-state index in [0.29, 0.717) is 5.92 Å². The molecule has 0 aliphatic carbocycles. The summed E-state index contributed by atoms with van der Waals surface area (Å²) in [5.41, 5.74) is 8.07. The summed E-state index contributed by atoms with van der Waals surface area (Å²) >= 11 is 0. The van der Waals surface area contributed by atoms with Gasteiger partial charge >= 0.3 is 0 Å². The Bertz CT molecular complexity index is 739. The SMILES string of the molecule is C/C=C\C1=C(C(C)C)C(=C\CC)/[N+](C)=C1c1ccc(N(CC)CC)cc1. The highest BCUT2D eigenvalue weighted by Crippen LogP contribution is 2.34. The van der Waals surface area contributed by atoms with Crippen LogP contribution in [0.1, 0.15) is 53.5 Å². The van der Waals surface area contributed by atoms with E-state index in [2.05, 4.69) is 101 Å². The van der Waals surface area contributed by atoms with E-state index in [0.717, 1.165) is 19.5 Å². The van der Waals surface area contributed by atoms with Crippen molar-refractivity contribution < 1.29 is 4.58 Å². The molecule has 2 rings (SSSR count). The van der Waals surface area contributed by atoms with Gasteiger partial charge in [-0.3, -0.25) is 0 Å². The molecule has 0 atom stereocenters. The Labute approximate surface area is 160 Å². The Balaban J connectivity index is 2.60. The molecule has 0 amide bonds. The first kappa shape index (κ1) is 20.2. The van der Waals surface area contributed by atoms with Crippen LogP contribution in [0.2, 0.25) is 0 Å². The summed E-state index contributed by atoms with van der Waals surface area (Å²) in [5, 5.41) is 0. The second-order valence-corrected chi connectivity index (χ2v) is 7.11. The summed E-state index contributed by atoms with van der Waals surface area (Å²) in [5.74, 6) is 0.494. The molecule has 0 spiro atoms. The smallest absolute Gasteiger partial charge is 0.220 e. The van der Waals surface area contributed by atoms with Crippen molar-refractivity contribution in [3.63, 3.8) is 0 Å². The summed E-state index contributed by atoms with van der Waals surface area (Å²) in [7, 11) is 2.20. The first-order valence-corrected chi connectivity index (χ1v) is 10.0. The largest absolute Gasteiger partial charge is 0.372 e. The van der Waals surface area contributed by atoms with Crippen molar-refractivity contribution in [2.24, 2.45) is 5.92 Å². The van der Waals surface area contributed by atoms with Crippen LogP contribution in [0, 0.1) is 5.92 Å². The van der Waals surface area contributed by atoms with Crippen LogP contribution in [0.15, 0.2) is 59.3 Å². The van der Waals surface area contributed by atoms with Gasteiger partial charge in [0.05, 0.1) is 5.57 Å². The monoisotopic (exact) mass is 351 g/mol. The number of hydrogen-bond donors (Lipinski definition) is 0. The number of nitrogens with zero attached hydrogens (tertiary/aromatic N) is 2. The van der Waals surface area contributed by atoms with E-state index in [9.17, 15) is 0 Å². The van der Waals surface area contributed by atoms with Crippen LogP contribution in [-0.2, 0) is 0 Å². The van der Waals surface area contributed by atoms with Crippen LogP contribution in [0.25, 0.3) is 0 Å². The summed E-state index contributed by atoms with van der Waals surface area (Å²) in [6.07, 6.45) is 7.84. The zero-order valence-electron chi connectivity index (χ0n) is 17.6. The predicted octanol–water partition coefficient (Wildman–Crippen LogP) is 5.80. The van der Waals surface area contributed by atoms with E-state index in [-0.39, 0.29) is 0 Å². The normalized spacial score (nSPS) is 16.7. The minimum Gasteiger partial charge on any atom is -0.372 e. The molecule has 0 saturated carbocycles. The van der Waals surface area contributed by atoms with E-state index >= 15 is 0 Å². The number of hydrogen-bond acceptors (Lipinski definition) is 1. The lowest BCUT2D eigenvalue weighted by Gasteiger charge is -2.21. The molecule has 1 aromatic carbocycles. The van der Waals surface area contributed by atoms with Gasteiger partial charge in [0.25, 0.3) is 0 Å². The van der Waals surface area contributed by atoms with E-state index in [4.69, 9.17) is 0 Å². The van der Waals surface area contributed by atoms with Crippen LogP contribution >= 0.6 is 0 Å². The van der Waals surface area contributed by atoms with Gasteiger partial charge in [0.2, 0.25) is 11.4 Å². The van der Waals surface area contributed by atoms with Gasteiger partial charge in [0.1, 0.15) is 7.05 Å². The third kappa shape index (κ3) is 3.85. The fraction of sp³-hybridized carbons (Fsp3) is 0.458. The molecule has 1 aromatic rings. The maximum atomic E-state index is 2.39. The lowest BCUT2D eigenvalue weighted by Crippen LogP contribution is -2.22. The predicted molar refractivity (Wildman–Crippen MR) is 115 cm³/mol. The molecule has 1 aliphatic heterocycles. The van der Waals surface area contributed by atoms with Crippen molar-refractivity contribution in [1.82, 2.24) is 0 Å². The first-order chi connectivity index (χ1) is 12.5. The number of anilines is 1. The van der Waals surface area contributed by atoms with Gasteiger partial charge < -0.3 is 4.90 Å². The summed E-state index contributed by atoms with van der Waals surface area (Å²) in [6, 6.07) is 9.06. The molecule has 0 unspecified atom stereocenters. The van der Waals surface area contributed by atoms with Gasteiger partial charge in [-0.2, -0.15) is 4.58 Å². The van der Waals surface area contributed by atoms with Gasteiger partial charge in [-0.25, -0.2) is 0 Å². The van der Waals surface area contributed by atoms with E-state index in [1.165, 1.54) is 33.8 Å². The van der Waals surface area contributed by atoms with Gasteiger partial charge in [0, 0.05) is 29.9 Å². The van der Waals surface area contributed by atoms with Crippen molar-refractivity contribution >= 4 is 11.4 Å². The van der Waals surface area contributed by atoms with Crippen LogP contribution in [0.4, 0.5) is 5.69 Å². The molecule has 2 heteroatoms. The highest BCUT2D eigenvalue weighted by molar-refractivity contribution is 6.13. The number of benzene rings is 1. The first-order valence-electron chi connectivity index (χ1n) is 10.0. The van der Waals surface area contributed by atoms with Crippen molar-refractivity contribution in [2.75, 3.05) is 25.0 Å². The van der Waals surface area contributed by atoms with E-state index < -0.39 is 0 Å². The molecule has 26 heavy (non-hydrogen) atoms. The minimum atomic E-state index is 0.494. The lowest BCUT2D eigenvalue weighted by atomic mass is 9.92. The van der Waals surface area contributed by atoms with Crippen LogP contribution in [-0.4, -0.2) is 30.4 Å². The molecule has 2 nitrogen and oxygen atoms in total. The van der Waals surface area contributed by atoms with Gasteiger partial charge in [0.15, 0.2) is 0 Å². The Hall–Kier alpha value is -2.09. The molecule has 0 bridgehead atoms. The van der Waals surface area contributed by atoms with Crippen molar-refractivity contribution in [3.8, 4) is 0 Å². The van der Waals surface area contributed by atoms with Crippen LogP contribution in [0.3, 0.4) is 0 Å². The Morgan fingerprint density at radius 2 is 1.65 bits per heavy atom. The maximum Gasteiger partial charge on any atom is 0.220 e. The van der Waals surface area contributed by atoms with Crippen LogP contribution in [0.5, 0.6) is 0 Å². The average molecular weight is 352 g/mol. The van der Waals surface area contributed by atoms with E-state index in [1.807, 2.05) is 0 Å². The second-order valence-electron chi connectivity index (χ2n) is 7.11. The topological polar surface area (TPSA) is 6.25 Å². The molecule has 0 aromatic heterocycles. The number of allylic oxidation sites excluding steroid dienone is 5. The maximum absolute atomic E-state index is 2.39. The fourth-order valence-electron chi connectivity index (χ4n) is 3.90. The molecule has 1 heterocycles. The Kier molecular flexibility index (Phi) is 7.02. The van der Waals surface area contributed by atoms with Crippen molar-refractivity contribution in [2.45, 2.75) is 48.0 Å². The lowest BCUT2D eigenvalue weighted by molar-refractivity contribution is -0.435. The average Bonchev–Trinajstić information content (AvgIpc) is 2.89. The quantitative estimate of drug-likeness (QED) is 0.563. The molecule has 140 valence electrons. The Morgan fingerprint density at radius 1 is 1.04 bits per heavy atom. The highest BCUT2D eigenvalue weighted by atomic mass is 15.1. The molecular formula is C24H35N2+. The summed E-state index contributed by atoms with van der Waals surface area (Å²) in [6.45, 7) is 15.4. The summed E-state index contributed by atoms with van der Waals surface area (Å²) in [4.78, 5) is 2.39. The molecule has 0 radical (unpaired) electrons. The standard InChI is InChI=1S/C24H35N2/c1-8-12-21-23(18(5)6)22(13-9-2)25(7)24(21)19-14-16-20(17-15-19)26(10-3)11-4/h8,12-18H,9-11H2,1-7H3/q+1/b12-8-,22-13+. The molecule has 0 fully saturated rings. The number of rotatable bonds is 7. The van der Waals surface area contributed by atoms with Crippen molar-refractivity contribution in [1.29, 1.82) is 0 Å². The third-order valence-electron chi connectivity index (χ3n) is 5.10. The van der Waals surface area contributed by atoms with E-state index in [1.54, 1.807) is 0 Å². The minimum absolute atomic E-state index is 0.494. The summed E-state index contributed by atoms with van der Waals surface area (Å²) < 4.78 is 2.38. The molecular weight excluding hydrogens is 316 g/mol. The highest BCUT2D eigenvalue weighted by Gasteiger charge is 2.35. The fourth-order valence-corrected chi connectivity index (χ4v) is 3.90. The molecule has 0 N–H and O–H groups in total.